The fourth-order valence-electron chi connectivity index (χ4n) is 3.27. The molecule has 0 spiro atoms. The third-order valence-electron chi connectivity index (χ3n) is 4.82. The van der Waals surface area contributed by atoms with Crippen LogP contribution in [-0.4, -0.2) is 45.5 Å². The number of aromatic nitrogens is 3. The highest BCUT2D eigenvalue weighted by atomic mass is 16.5. The number of aromatic amines is 1. The smallest absolute Gasteiger partial charge is 0.254 e. The van der Waals surface area contributed by atoms with E-state index in [9.17, 15) is 4.79 Å². The highest BCUT2D eigenvalue weighted by Gasteiger charge is 2.27. The zero-order chi connectivity index (χ0) is 17.4. The van der Waals surface area contributed by atoms with Crippen LogP contribution >= 0.6 is 0 Å². The second kappa shape index (κ2) is 6.29. The van der Waals surface area contributed by atoms with Crippen molar-refractivity contribution in [2.75, 3.05) is 19.7 Å². The highest BCUT2D eigenvalue weighted by Crippen LogP contribution is 2.25. The zero-order valence-corrected chi connectivity index (χ0v) is 14.3. The summed E-state index contributed by atoms with van der Waals surface area (Å²) in [6.45, 7) is 5.68. The van der Waals surface area contributed by atoms with Gasteiger partial charge in [-0.3, -0.25) is 14.8 Å². The number of benzene rings is 1. The van der Waals surface area contributed by atoms with Crippen LogP contribution in [0.5, 0.6) is 0 Å². The van der Waals surface area contributed by atoms with Crippen LogP contribution in [0.4, 0.5) is 0 Å². The fraction of sp³-hybridized carbons (Fsp3) is 0.316. The van der Waals surface area contributed by atoms with E-state index in [2.05, 4.69) is 21.9 Å². The summed E-state index contributed by atoms with van der Waals surface area (Å²) in [7, 11) is 0. The minimum absolute atomic E-state index is 0.0253. The van der Waals surface area contributed by atoms with Crippen molar-refractivity contribution in [3.05, 3.63) is 59.3 Å². The SMILES string of the molecule is Cc1[nH]c2ccc(C(=O)N3CCO[C@@H](c4cnccn4)C3)cc2c1C. The van der Waals surface area contributed by atoms with E-state index in [1.54, 1.807) is 18.6 Å². The maximum atomic E-state index is 13.0. The molecule has 1 aliphatic heterocycles. The Morgan fingerprint density at radius 2 is 2.20 bits per heavy atom. The molecule has 128 valence electrons. The molecule has 4 rings (SSSR count). The van der Waals surface area contributed by atoms with Gasteiger partial charge in [-0.1, -0.05) is 0 Å². The molecule has 1 N–H and O–H groups in total. The Morgan fingerprint density at radius 1 is 1.32 bits per heavy atom. The third kappa shape index (κ3) is 2.89. The quantitative estimate of drug-likeness (QED) is 0.781. The van der Waals surface area contributed by atoms with Crippen molar-refractivity contribution >= 4 is 16.8 Å². The molecule has 0 radical (unpaired) electrons. The third-order valence-corrected chi connectivity index (χ3v) is 4.82. The van der Waals surface area contributed by atoms with Crippen LogP contribution in [0.15, 0.2) is 36.8 Å². The molecular formula is C19H20N4O2. The van der Waals surface area contributed by atoms with Gasteiger partial charge in [0.15, 0.2) is 0 Å². The molecule has 6 heteroatoms. The van der Waals surface area contributed by atoms with Gasteiger partial charge in [0.05, 0.1) is 25.0 Å². The first-order valence-electron chi connectivity index (χ1n) is 8.39. The number of nitrogens with one attached hydrogen (secondary N) is 1. The molecule has 6 nitrogen and oxygen atoms in total. The summed E-state index contributed by atoms with van der Waals surface area (Å²) in [6.07, 6.45) is 4.73. The minimum atomic E-state index is -0.230. The first-order valence-corrected chi connectivity index (χ1v) is 8.39. The second-order valence-electron chi connectivity index (χ2n) is 6.38. The predicted octanol–water partition coefficient (Wildman–Crippen LogP) is 2.79. The molecule has 2 aromatic heterocycles. The lowest BCUT2D eigenvalue weighted by Crippen LogP contribution is -2.42. The first kappa shape index (κ1) is 15.8. The molecule has 3 heterocycles. The number of amides is 1. The van der Waals surface area contributed by atoms with Gasteiger partial charge in [-0.2, -0.15) is 0 Å². The van der Waals surface area contributed by atoms with E-state index in [1.165, 1.54) is 5.56 Å². The van der Waals surface area contributed by atoms with Crippen LogP contribution in [-0.2, 0) is 4.74 Å². The van der Waals surface area contributed by atoms with E-state index in [-0.39, 0.29) is 12.0 Å². The van der Waals surface area contributed by atoms with Crippen LogP contribution in [0, 0.1) is 13.8 Å². The van der Waals surface area contributed by atoms with E-state index in [0.29, 0.717) is 25.3 Å². The van der Waals surface area contributed by atoms with Gasteiger partial charge in [0, 0.05) is 41.1 Å². The van der Waals surface area contributed by atoms with Gasteiger partial charge < -0.3 is 14.6 Å². The predicted molar refractivity (Wildman–Crippen MR) is 94.4 cm³/mol. The van der Waals surface area contributed by atoms with E-state index in [0.717, 1.165) is 22.3 Å². The fourth-order valence-corrected chi connectivity index (χ4v) is 3.27. The van der Waals surface area contributed by atoms with Crippen LogP contribution in [0.3, 0.4) is 0 Å². The Morgan fingerprint density at radius 3 is 3.00 bits per heavy atom. The Labute approximate surface area is 145 Å². The topological polar surface area (TPSA) is 71.1 Å². The average molecular weight is 336 g/mol. The number of ether oxygens (including phenoxy) is 1. The molecule has 1 aliphatic rings. The number of rotatable bonds is 2. The Bertz CT molecular complexity index is 920. The molecule has 1 amide bonds. The molecule has 0 saturated carbocycles. The zero-order valence-electron chi connectivity index (χ0n) is 14.3. The number of aryl methyl sites for hydroxylation is 2. The summed E-state index contributed by atoms with van der Waals surface area (Å²) < 4.78 is 5.77. The Kier molecular flexibility index (Phi) is 3.97. The molecule has 0 bridgehead atoms. The normalized spacial score (nSPS) is 17.8. The van der Waals surface area contributed by atoms with E-state index >= 15 is 0 Å². The number of nitrogens with zero attached hydrogens (tertiary/aromatic N) is 3. The summed E-state index contributed by atoms with van der Waals surface area (Å²) in [6, 6.07) is 5.83. The van der Waals surface area contributed by atoms with E-state index in [4.69, 9.17) is 4.74 Å². The van der Waals surface area contributed by atoms with Gasteiger partial charge in [0.2, 0.25) is 0 Å². The molecule has 1 fully saturated rings. The Balaban J connectivity index is 1.59. The monoisotopic (exact) mass is 336 g/mol. The molecule has 1 saturated heterocycles. The number of carbonyl (C=O) groups is 1. The largest absolute Gasteiger partial charge is 0.368 e. The lowest BCUT2D eigenvalue weighted by molar-refractivity contribution is -0.0248. The summed E-state index contributed by atoms with van der Waals surface area (Å²) in [5, 5.41) is 1.10. The minimum Gasteiger partial charge on any atom is -0.368 e. The average Bonchev–Trinajstić information content (AvgIpc) is 2.95. The number of hydrogen-bond acceptors (Lipinski definition) is 4. The summed E-state index contributed by atoms with van der Waals surface area (Å²) in [5.74, 6) is 0.0253. The van der Waals surface area contributed by atoms with Crippen LogP contribution in [0.25, 0.3) is 10.9 Å². The maximum absolute atomic E-state index is 13.0. The van der Waals surface area contributed by atoms with Gasteiger partial charge in [-0.15, -0.1) is 0 Å². The standard InChI is InChI=1S/C19H20N4O2/c1-12-13(2)22-16-4-3-14(9-15(12)16)19(24)23-7-8-25-18(11-23)17-10-20-5-6-21-17/h3-6,9-10,18,22H,7-8,11H2,1-2H3/t18-/m1/s1. The van der Waals surface area contributed by atoms with Gasteiger partial charge in [0.1, 0.15) is 6.10 Å². The number of fused-ring (bicyclic) bond motifs is 1. The highest BCUT2D eigenvalue weighted by molar-refractivity contribution is 5.99. The van der Waals surface area contributed by atoms with Crippen molar-refractivity contribution in [1.82, 2.24) is 19.9 Å². The molecular weight excluding hydrogens is 316 g/mol. The van der Waals surface area contributed by atoms with Gasteiger partial charge in [0.25, 0.3) is 5.91 Å². The first-order chi connectivity index (χ1) is 12.1. The summed E-state index contributed by atoms with van der Waals surface area (Å²) in [5.41, 5.74) is 4.84. The molecule has 0 unspecified atom stereocenters. The van der Waals surface area contributed by atoms with Crippen molar-refractivity contribution in [1.29, 1.82) is 0 Å². The lowest BCUT2D eigenvalue weighted by Gasteiger charge is -2.32. The van der Waals surface area contributed by atoms with Crippen molar-refractivity contribution in [2.45, 2.75) is 20.0 Å². The van der Waals surface area contributed by atoms with E-state index < -0.39 is 0 Å². The number of carbonyl (C=O) groups excluding carboxylic acids is 1. The number of morpholine rings is 1. The molecule has 3 aromatic rings. The molecule has 1 atom stereocenters. The van der Waals surface area contributed by atoms with Gasteiger partial charge in [-0.05, 0) is 37.6 Å². The van der Waals surface area contributed by atoms with Crippen molar-refractivity contribution < 1.29 is 9.53 Å². The molecule has 0 aliphatic carbocycles. The number of hydrogen-bond donors (Lipinski definition) is 1. The summed E-state index contributed by atoms with van der Waals surface area (Å²) in [4.78, 5) is 26.5. The number of H-pyrrole nitrogens is 1. The molecule has 1 aromatic carbocycles. The van der Waals surface area contributed by atoms with Gasteiger partial charge in [-0.25, -0.2) is 0 Å². The van der Waals surface area contributed by atoms with E-state index in [1.807, 2.05) is 30.0 Å². The Hall–Kier alpha value is -2.73. The van der Waals surface area contributed by atoms with Crippen molar-refractivity contribution in [2.24, 2.45) is 0 Å². The van der Waals surface area contributed by atoms with Crippen molar-refractivity contribution in [3.63, 3.8) is 0 Å². The summed E-state index contributed by atoms with van der Waals surface area (Å²) >= 11 is 0. The van der Waals surface area contributed by atoms with Crippen molar-refractivity contribution in [3.8, 4) is 0 Å². The van der Waals surface area contributed by atoms with Crippen LogP contribution in [0.1, 0.15) is 33.4 Å². The maximum Gasteiger partial charge on any atom is 0.254 e. The van der Waals surface area contributed by atoms with Crippen LogP contribution < -0.4 is 0 Å². The molecule has 25 heavy (non-hydrogen) atoms. The van der Waals surface area contributed by atoms with Crippen LogP contribution in [0.2, 0.25) is 0 Å². The second-order valence-corrected chi connectivity index (χ2v) is 6.38. The van der Waals surface area contributed by atoms with Gasteiger partial charge >= 0.3 is 0 Å². The lowest BCUT2D eigenvalue weighted by atomic mass is 10.1.